The number of carbonyl (C=O) groups excluding carboxylic acids is 1. The summed E-state index contributed by atoms with van der Waals surface area (Å²) in [5.74, 6) is -0.533. The first-order valence-electron chi connectivity index (χ1n) is 6.92. The number of halogens is 2. The number of nitrogens with one attached hydrogen (secondary N) is 1. The van der Waals surface area contributed by atoms with E-state index >= 15 is 0 Å². The summed E-state index contributed by atoms with van der Waals surface area (Å²) >= 11 is 6.01. The van der Waals surface area contributed by atoms with Gasteiger partial charge in [0.1, 0.15) is 12.4 Å². The van der Waals surface area contributed by atoms with Crippen molar-refractivity contribution in [3.8, 4) is 0 Å². The molecule has 116 valence electrons. The van der Waals surface area contributed by atoms with Crippen molar-refractivity contribution >= 4 is 17.5 Å². The quantitative estimate of drug-likeness (QED) is 0.877. The van der Waals surface area contributed by atoms with Gasteiger partial charge in [-0.25, -0.2) is 4.39 Å². The normalized spacial score (nSPS) is 12.0. The Bertz CT molecular complexity index is 631. The molecule has 22 heavy (non-hydrogen) atoms. The second kappa shape index (κ2) is 7.92. The highest BCUT2D eigenvalue weighted by Crippen LogP contribution is 2.16. The Hall–Kier alpha value is -1.91. The molecule has 0 saturated carbocycles. The van der Waals surface area contributed by atoms with Crippen LogP contribution in [0.15, 0.2) is 48.5 Å². The fourth-order valence-electron chi connectivity index (χ4n) is 1.99. The Morgan fingerprint density at radius 2 is 1.91 bits per heavy atom. The number of ether oxygens (including phenoxy) is 1. The van der Waals surface area contributed by atoms with Crippen molar-refractivity contribution in [2.45, 2.75) is 19.6 Å². The summed E-state index contributed by atoms with van der Waals surface area (Å²) in [5.41, 5.74) is 1.67. The molecular weight excluding hydrogens is 305 g/mol. The van der Waals surface area contributed by atoms with Crippen LogP contribution in [0.3, 0.4) is 0 Å². The maximum atomic E-state index is 12.9. The van der Waals surface area contributed by atoms with E-state index in [1.54, 1.807) is 18.2 Å². The van der Waals surface area contributed by atoms with Crippen molar-refractivity contribution in [3.05, 3.63) is 70.5 Å². The van der Waals surface area contributed by atoms with E-state index < -0.39 is 0 Å². The monoisotopic (exact) mass is 321 g/mol. The van der Waals surface area contributed by atoms with Crippen LogP contribution in [0.5, 0.6) is 0 Å². The van der Waals surface area contributed by atoms with E-state index in [2.05, 4.69) is 5.32 Å². The van der Waals surface area contributed by atoms with Gasteiger partial charge in [0.15, 0.2) is 0 Å². The molecule has 0 aliphatic rings. The Morgan fingerprint density at radius 3 is 2.59 bits per heavy atom. The molecule has 5 heteroatoms. The Labute approximate surface area is 134 Å². The van der Waals surface area contributed by atoms with Gasteiger partial charge in [-0.05, 0) is 36.2 Å². The topological polar surface area (TPSA) is 38.3 Å². The molecule has 2 rings (SSSR count). The Balaban J connectivity index is 1.78. The van der Waals surface area contributed by atoms with E-state index in [0.717, 1.165) is 11.1 Å². The Kier molecular flexibility index (Phi) is 5.92. The molecular formula is C17H17ClFNO2. The van der Waals surface area contributed by atoms with Gasteiger partial charge in [-0.2, -0.15) is 0 Å². The second-order valence-corrected chi connectivity index (χ2v) is 5.33. The number of carbonyl (C=O) groups is 1. The number of hydrogen-bond acceptors (Lipinski definition) is 2. The number of hydrogen-bond donors (Lipinski definition) is 1. The lowest BCUT2D eigenvalue weighted by atomic mass is 10.1. The predicted octanol–water partition coefficient (Wildman–Crippen LogP) is 3.87. The molecule has 1 N–H and O–H groups in total. The van der Waals surface area contributed by atoms with E-state index in [9.17, 15) is 9.18 Å². The minimum Gasteiger partial charge on any atom is -0.367 e. The van der Waals surface area contributed by atoms with Crippen molar-refractivity contribution in [2.75, 3.05) is 6.61 Å². The van der Waals surface area contributed by atoms with E-state index in [-0.39, 0.29) is 31.0 Å². The van der Waals surface area contributed by atoms with Crippen LogP contribution in [0.4, 0.5) is 4.39 Å². The highest BCUT2D eigenvalue weighted by molar-refractivity contribution is 6.31. The van der Waals surface area contributed by atoms with Crippen LogP contribution in [-0.2, 0) is 16.1 Å². The average molecular weight is 322 g/mol. The van der Waals surface area contributed by atoms with Gasteiger partial charge in [-0.1, -0.05) is 41.9 Å². The van der Waals surface area contributed by atoms with Gasteiger partial charge >= 0.3 is 0 Å². The van der Waals surface area contributed by atoms with Gasteiger partial charge in [-0.3, -0.25) is 4.79 Å². The summed E-state index contributed by atoms with van der Waals surface area (Å²) in [6.45, 7) is 2.05. The Morgan fingerprint density at radius 1 is 1.23 bits per heavy atom. The third-order valence-corrected chi connectivity index (χ3v) is 3.56. The van der Waals surface area contributed by atoms with Gasteiger partial charge in [0, 0.05) is 5.02 Å². The standard InChI is InChI=1S/C17H17ClFNO2/c1-12(13-6-8-15(19)9-7-13)20-17(21)11-22-10-14-4-2-3-5-16(14)18/h2-9,12H,10-11H2,1H3,(H,20,21). The fraction of sp³-hybridized carbons (Fsp3) is 0.235. The van der Waals surface area contributed by atoms with Crippen molar-refractivity contribution < 1.29 is 13.9 Å². The van der Waals surface area contributed by atoms with Crippen LogP contribution in [0.25, 0.3) is 0 Å². The molecule has 0 aliphatic heterocycles. The van der Waals surface area contributed by atoms with E-state index in [1.807, 2.05) is 25.1 Å². The summed E-state index contributed by atoms with van der Waals surface area (Å²) in [6, 6.07) is 13.1. The maximum absolute atomic E-state index is 12.9. The van der Waals surface area contributed by atoms with Crippen molar-refractivity contribution in [1.82, 2.24) is 5.32 Å². The zero-order chi connectivity index (χ0) is 15.9. The molecule has 0 aromatic heterocycles. The van der Waals surface area contributed by atoms with Crippen LogP contribution in [0.2, 0.25) is 5.02 Å². The summed E-state index contributed by atoms with van der Waals surface area (Å²) in [6.07, 6.45) is 0. The predicted molar refractivity (Wildman–Crippen MR) is 84.1 cm³/mol. The highest BCUT2D eigenvalue weighted by Gasteiger charge is 2.10. The summed E-state index contributed by atoms with van der Waals surface area (Å²) in [5, 5.41) is 3.41. The zero-order valence-electron chi connectivity index (χ0n) is 12.2. The molecule has 1 amide bonds. The number of rotatable bonds is 6. The molecule has 0 fully saturated rings. The van der Waals surface area contributed by atoms with Crippen molar-refractivity contribution in [3.63, 3.8) is 0 Å². The van der Waals surface area contributed by atoms with Crippen LogP contribution < -0.4 is 5.32 Å². The van der Waals surface area contributed by atoms with Gasteiger partial charge < -0.3 is 10.1 Å². The molecule has 0 heterocycles. The maximum Gasteiger partial charge on any atom is 0.246 e. The summed E-state index contributed by atoms with van der Waals surface area (Å²) in [7, 11) is 0. The number of amides is 1. The van der Waals surface area contributed by atoms with Gasteiger partial charge in [0.05, 0.1) is 12.6 Å². The first-order valence-corrected chi connectivity index (χ1v) is 7.30. The molecule has 0 aliphatic carbocycles. The molecule has 1 atom stereocenters. The lowest BCUT2D eigenvalue weighted by Crippen LogP contribution is -2.30. The SMILES string of the molecule is CC(NC(=O)COCc1ccccc1Cl)c1ccc(F)cc1. The van der Waals surface area contributed by atoms with Crippen LogP contribution in [0.1, 0.15) is 24.1 Å². The van der Waals surface area contributed by atoms with E-state index in [1.165, 1.54) is 12.1 Å². The molecule has 0 radical (unpaired) electrons. The van der Waals surface area contributed by atoms with Crippen molar-refractivity contribution in [2.24, 2.45) is 0 Å². The fourth-order valence-corrected chi connectivity index (χ4v) is 2.18. The molecule has 3 nitrogen and oxygen atoms in total. The second-order valence-electron chi connectivity index (χ2n) is 4.92. The van der Waals surface area contributed by atoms with Crippen LogP contribution in [0, 0.1) is 5.82 Å². The van der Waals surface area contributed by atoms with Crippen LogP contribution >= 0.6 is 11.6 Å². The summed E-state index contributed by atoms with van der Waals surface area (Å²) < 4.78 is 18.2. The van der Waals surface area contributed by atoms with Crippen molar-refractivity contribution in [1.29, 1.82) is 0 Å². The smallest absolute Gasteiger partial charge is 0.246 e. The molecule has 0 saturated heterocycles. The lowest BCUT2D eigenvalue weighted by molar-refractivity contribution is -0.126. The van der Waals surface area contributed by atoms with Gasteiger partial charge in [-0.15, -0.1) is 0 Å². The molecule has 2 aromatic rings. The molecule has 1 unspecified atom stereocenters. The van der Waals surface area contributed by atoms with Crippen LogP contribution in [-0.4, -0.2) is 12.5 Å². The minimum absolute atomic E-state index is 0.0588. The third kappa shape index (κ3) is 4.83. The highest BCUT2D eigenvalue weighted by atomic mass is 35.5. The number of benzene rings is 2. The molecule has 2 aromatic carbocycles. The van der Waals surface area contributed by atoms with Gasteiger partial charge in [0.2, 0.25) is 5.91 Å². The largest absolute Gasteiger partial charge is 0.367 e. The minimum atomic E-state index is -0.301. The van der Waals surface area contributed by atoms with Gasteiger partial charge in [0.25, 0.3) is 0 Å². The molecule has 0 bridgehead atoms. The first-order chi connectivity index (χ1) is 10.6. The lowest BCUT2D eigenvalue weighted by Gasteiger charge is -2.14. The average Bonchev–Trinajstić information content (AvgIpc) is 2.50. The zero-order valence-corrected chi connectivity index (χ0v) is 12.9. The first kappa shape index (κ1) is 16.5. The van der Waals surface area contributed by atoms with E-state index in [0.29, 0.717) is 5.02 Å². The van der Waals surface area contributed by atoms with E-state index in [4.69, 9.17) is 16.3 Å². The summed E-state index contributed by atoms with van der Waals surface area (Å²) in [4.78, 5) is 11.8. The molecule has 0 spiro atoms. The third-order valence-electron chi connectivity index (χ3n) is 3.20.